The third-order valence-electron chi connectivity index (χ3n) is 5.05. The Kier molecular flexibility index (Phi) is 4.69. The summed E-state index contributed by atoms with van der Waals surface area (Å²) >= 11 is 0. The molecule has 0 saturated carbocycles. The molecule has 3 rings (SSSR count). The van der Waals surface area contributed by atoms with E-state index in [0.29, 0.717) is 5.56 Å². The van der Waals surface area contributed by atoms with Gasteiger partial charge in [-0.1, -0.05) is 30.3 Å². The molecular formula is C20H19F4N3O. The van der Waals surface area contributed by atoms with Crippen molar-refractivity contribution in [1.29, 1.82) is 0 Å². The van der Waals surface area contributed by atoms with Crippen LogP contribution in [0.4, 0.5) is 17.6 Å². The fourth-order valence-electron chi connectivity index (χ4n) is 3.54. The molecule has 0 aromatic heterocycles. The lowest BCUT2D eigenvalue weighted by molar-refractivity contribution is -0.130. The average molecular weight is 393 g/mol. The minimum atomic E-state index is -3.06. The molecule has 8 heteroatoms. The van der Waals surface area contributed by atoms with Crippen LogP contribution >= 0.6 is 0 Å². The van der Waals surface area contributed by atoms with E-state index in [0.717, 1.165) is 24.0 Å². The number of alkyl halides is 2. The number of rotatable bonds is 3. The fraction of sp³-hybridized carbons (Fsp3) is 0.300. The quantitative estimate of drug-likeness (QED) is 0.805. The maximum atomic E-state index is 14.6. The van der Waals surface area contributed by atoms with Crippen LogP contribution in [-0.2, 0) is 16.3 Å². The van der Waals surface area contributed by atoms with Crippen molar-refractivity contribution in [2.75, 3.05) is 7.05 Å². The summed E-state index contributed by atoms with van der Waals surface area (Å²) in [6.07, 6.45) is 0. The molecule has 4 nitrogen and oxygen atoms in total. The Morgan fingerprint density at radius 1 is 1.11 bits per heavy atom. The van der Waals surface area contributed by atoms with Crippen LogP contribution in [-0.4, -0.2) is 23.8 Å². The number of nitrogens with two attached hydrogens (primary N) is 1. The van der Waals surface area contributed by atoms with E-state index < -0.39 is 40.5 Å². The zero-order valence-electron chi connectivity index (χ0n) is 15.5. The van der Waals surface area contributed by atoms with Crippen LogP contribution < -0.4 is 5.73 Å². The zero-order valence-corrected chi connectivity index (χ0v) is 15.5. The van der Waals surface area contributed by atoms with Crippen LogP contribution in [0.15, 0.2) is 47.5 Å². The minimum Gasteiger partial charge on any atom is -0.369 e. The van der Waals surface area contributed by atoms with Gasteiger partial charge in [0.15, 0.2) is 5.96 Å². The number of amides is 1. The topological polar surface area (TPSA) is 58.7 Å². The maximum Gasteiger partial charge on any atom is 0.270 e. The van der Waals surface area contributed by atoms with Crippen LogP contribution in [0.3, 0.4) is 0 Å². The molecule has 2 unspecified atom stereocenters. The van der Waals surface area contributed by atoms with E-state index >= 15 is 0 Å². The monoisotopic (exact) mass is 393 g/mol. The van der Waals surface area contributed by atoms with Gasteiger partial charge in [0.1, 0.15) is 17.2 Å². The number of nitrogens with zero attached hydrogens (tertiary/aromatic N) is 2. The number of hydrogen-bond donors (Lipinski definition) is 1. The van der Waals surface area contributed by atoms with Crippen molar-refractivity contribution in [3.05, 3.63) is 70.8 Å². The summed E-state index contributed by atoms with van der Waals surface area (Å²) in [4.78, 5) is 18.3. The maximum absolute atomic E-state index is 14.6. The van der Waals surface area contributed by atoms with E-state index in [1.54, 1.807) is 0 Å². The number of guanidine groups is 1. The van der Waals surface area contributed by atoms with E-state index in [1.165, 1.54) is 44.3 Å². The highest BCUT2D eigenvalue weighted by atomic mass is 19.3. The van der Waals surface area contributed by atoms with Gasteiger partial charge in [-0.25, -0.2) is 22.6 Å². The Morgan fingerprint density at radius 3 is 2.14 bits per heavy atom. The first-order chi connectivity index (χ1) is 13.0. The van der Waals surface area contributed by atoms with E-state index in [-0.39, 0.29) is 11.5 Å². The molecule has 2 N–H and O–H groups in total. The van der Waals surface area contributed by atoms with Gasteiger partial charge >= 0.3 is 0 Å². The van der Waals surface area contributed by atoms with Gasteiger partial charge in [-0.05, 0) is 24.6 Å². The normalized spacial score (nSPS) is 23.0. The molecule has 1 heterocycles. The molecule has 148 valence electrons. The van der Waals surface area contributed by atoms with Crippen molar-refractivity contribution in [2.24, 2.45) is 10.7 Å². The number of carbonyl (C=O) groups excluding carboxylic acids is 1. The predicted octanol–water partition coefficient (Wildman–Crippen LogP) is 3.86. The first kappa shape index (κ1) is 19.9. The standard InChI is InChI=1S/C20H19F4N3O/c1-19(16-13(21)5-4-6-14(16)22)15(17(28)27(3)18(25)26-19)11-7-9-12(10-8-11)20(2,23)24/h4-10,15H,1-3H3,(H2,25,26). The first-order valence-electron chi connectivity index (χ1n) is 8.52. The van der Waals surface area contributed by atoms with E-state index in [1.807, 2.05) is 0 Å². The van der Waals surface area contributed by atoms with Crippen molar-refractivity contribution in [1.82, 2.24) is 4.90 Å². The minimum absolute atomic E-state index is 0.192. The Labute approximate surface area is 159 Å². The second kappa shape index (κ2) is 6.61. The molecule has 0 saturated heterocycles. The molecule has 0 spiro atoms. The number of carbonyl (C=O) groups is 1. The third kappa shape index (κ3) is 3.12. The molecule has 0 radical (unpaired) electrons. The fourth-order valence-corrected chi connectivity index (χ4v) is 3.54. The van der Waals surface area contributed by atoms with E-state index in [4.69, 9.17) is 5.73 Å². The Morgan fingerprint density at radius 2 is 1.64 bits per heavy atom. The summed E-state index contributed by atoms with van der Waals surface area (Å²) in [7, 11) is 1.39. The summed E-state index contributed by atoms with van der Waals surface area (Å²) in [6.45, 7) is 2.16. The van der Waals surface area contributed by atoms with Gasteiger partial charge in [0, 0.05) is 19.5 Å². The van der Waals surface area contributed by atoms with Gasteiger partial charge < -0.3 is 5.73 Å². The molecular weight excluding hydrogens is 374 g/mol. The molecule has 2 atom stereocenters. The predicted molar refractivity (Wildman–Crippen MR) is 96.9 cm³/mol. The second-order valence-electron chi connectivity index (χ2n) is 7.05. The summed E-state index contributed by atoms with van der Waals surface area (Å²) < 4.78 is 56.2. The number of halogens is 4. The van der Waals surface area contributed by atoms with Crippen molar-refractivity contribution in [3.8, 4) is 0 Å². The highest BCUT2D eigenvalue weighted by Crippen LogP contribution is 2.45. The number of benzene rings is 2. The highest BCUT2D eigenvalue weighted by molar-refractivity contribution is 6.02. The smallest absolute Gasteiger partial charge is 0.270 e. The van der Waals surface area contributed by atoms with Gasteiger partial charge in [0.05, 0.1) is 11.5 Å². The lowest BCUT2D eigenvalue weighted by atomic mass is 9.74. The third-order valence-corrected chi connectivity index (χ3v) is 5.05. The summed E-state index contributed by atoms with van der Waals surface area (Å²) in [6, 6.07) is 8.39. The van der Waals surface area contributed by atoms with Gasteiger partial charge in [-0.15, -0.1) is 0 Å². The molecule has 0 aliphatic carbocycles. The lowest BCUT2D eigenvalue weighted by Gasteiger charge is -2.41. The molecule has 0 fully saturated rings. The Hall–Kier alpha value is -2.90. The second-order valence-corrected chi connectivity index (χ2v) is 7.05. The molecule has 1 aliphatic heterocycles. The highest BCUT2D eigenvalue weighted by Gasteiger charge is 2.49. The molecule has 1 aliphatic rings. The van der Waals surface area contributed by atoms with Crippen LogP contribution in [0.1, 0.15) is 36.5 Å². The van der Waals surface area contributed by atoms with Gasteiger partial charge in [-0.2, -0.15) is 0 Å². The van der Waals surface area contributed by atoms with Crippen LogP contribution in [0.25, 0.3) is 0 Å². The summed E-state index contributed by atoms with van der Waals surface area (Å²) in [5.74, 6) is -6.71. The Balaban J connectivity index is 2.23. The molecule has 2 aromatic carbocycles. The number of aliphatic imine (C=N–C) groups is 1. The van der Waals surface area contributed by atoms with Crippen LogP contribution in [0.5, 0.6) is 0 Å². The zero-order chi connectivity index (χ0) is 20.9. The van der Waals surface area contributed by atoms with Gasteiger partial charge in [0.2, 0.25) is 5.91 Å². The number of hydrogen-bond acceptors (Lipinski definition) is 3. The number of likely N-dealkylation sites (N-methyl/N-ethyl adjacent to an activating group) is 1. The Bertz CT molecular complexity index is 933. The van der Waals surface area contributed by atoms with Crippen LogP contribution in [0, 0.1) is 11.6 Å². The SMILES string of the molecule is CN1C(=O)C(c2ccc(C(C)(F)F)cc2)C(C)(c2c(F)cccc2F)N=C1N. The average Bonchev–Trinajstić information content (AvgIpc) is 2.59. The first-order valence-corrected chi connectivity index (χ1v) is 8.52. The van der Waals surface area contributed by atoms with Crippen molar-refractivity contribution >= 4 is 11.9 Å². The van der Waals surface area contributed by atoms with Gasteiger partial charge in [-0.3, -0.25) is 9.69 Å². The van der Waals surface area contributed by atoms with Gasteiger partial charge in [0.25, 0.3) is 5.92 Å². The lowest BCUT2D eigenvalue weighted by Crippen LogP contribution is -2.53. The summed E-state index contributed by atoms with van der Waals surface area (Å²) in [5, 5.41) is 0. The van der Waals surface area contributed by atoms with Crippen molar-refractivity contribution in [3.63, 3.8) is 0 Å². The molecule has 0 bridgehead atoms. The van der Waals surface area contributed by atoms with E-state index in [9.17, 15) is 22.4 Å². The molecule has 1 amide bonds. The van der Waals surface area contributed by atoms with Crippen molar-refractivity contribution in [2.45, 2.75) is 31.2 Å². The molecule has 2 aromatic rings. The molecule has 28 heavy (non-hydrogen) atoms. The van der Waals surface area contributed by atoms with Crippen molar-refractivity contribution < 1.29 is 22.4 Å². The van der Waals surface area contributed by atoms with E-state index in [2.05, 4.69) is 4.99 Å². The summed E-state index contributed by atoms with van der Waals surface area (Å²) in [5.41, 5.74) is 3.77. The largest absolute Gasteiger partial charge is 0.369 e. The van der Waals surface area contributed by atoms with Crippen LogP contribution in [0.2, 0.25) is 0 Å².